The third-order valence-electron chi connectivity index (χ3n) is 4.16. The van der Waals surface area contributed by atoms with Gasteiger partial charge >= 0.3 is 6.09 Å². The Morgan fingerprint density at radius 2 is 1.92 bits per heavy atom. The molecule has 4 nitrogen and oxygen atoms in total. The molecule has 0 aromatic heterocycles. The van der Waals surface area contributed by atoms with Crippen LogP contribution in [-0.4, -0.2) is 22.3 Å². The molecule has 6 heteroatoms. The molecule has 2 aromatic rings. The van der Waals surface area contributed by atoms with Crippen LogP contribution in [0.5, 0.6) is 0 Å². The van der Waals surface area contributed by atoms with Gasteiger partial charge in [0.2, 0.25) is 5.54 Å². The topological polar surface area (TPSA) is 53.3 Å². The van der Waals surface area contributed by atoms with Crippen molar-refractivity contribution in [2.75, 3.05) is 7.11 Å². The number of hydrogen-bond donors (Lipinski definition) is 0. The Balaban J connectivity index is 2.01. The van der Waals surface area contributed by atoms with Crippen LogP contribution in [0.4, 0.5) is 4.79 Å². The fourth-order valence-corrected chi connectivity index (χ4v) is 4.24. The minimum absolute atomic E-state index is 0.408. The van der Waals surface area contributed by atoms with E-state index in [2.05, 4.69) is 6.07 Å². The lowest BCUT2D eigenvalue weighted by atomic mass is 9.85. The third kappa shape index (κ3) is 3.12. The van der Waals surface area contributed by atoms with Crippen molar-refractivity contribution in [1.29, 1.82) is 5.26 Å². The first-order chi connectivity index (χ1) is 12.6. The number of hydrogen-bond acceptors (Lipinski definition) is 5. The average Bonchev–Trinajstić information content (AvgIpc) is 2.71. The molecule has 0 unspecified atom stereocenters. The molecule has 0 radical (unpaired) electrons. The number of nitrogens with zero attached hydrogens (tertiary/aromatic N) is 2. The highest BCUT2D eigenvalue weighted by Gasteiger charge is 2.48. The maximum atomic E-state index is 12.4. The highest BCUT2D eigenvalue weighted by atomic mass is 32.2. The van der Waals surface area contributed by atoms with Gasteiger partial charge in [-0.1, -0.05) is 66.8 Å². The number of thioether (sulfide) groups is 1. The summed E-state index contributed by atoms with van der Waals surface area (Å²) < 4.78 is 5.30. The highest BCUT2D eigenvalue weighted by molar-refractivity contribution is 8.22. The molecule has 0 N–H and O–H groups in total. The van der Waals surface area contributed by atoms with Gasteiger partial charge in [-0.05, 0) is 17.2 Å². The fraction of sp³-hybridized carbons (Fsp3) is 0.150. The molecule has 130 valence electrons. The van der Waals surface area contributed by atoms with Gasteiger partial charge in [-0.15, -0.1) is 11.8 Å². The van der Waals surface area contributed by atoms with E-state index >= 15 is 0 Å². The molecule has 26 heavy (non-hydrogen) atoms. The lowest BCUT2D eigenvalue weighted by molar-refractivity contribution is 0.125. The summed E-state index contributed by atoms with van der Waals surface area (Å²) in [4.78, 5) is 13.6. The van der Waals surface area contributed by atoms with Crippen molar-refractivity contribution in [3.05, 3.63) is 77.5 Å². The Kier molecular flexibility index (Phi) is 5.40. The molecule has 0 saturated carbocycles. The zero-order valence-corrected chi connectivity index (χ0v) is 15.7. The Hall–Kier alpha value is -2.62. The first-order valence-electron chi connectivity index (χ1n) is 7.91. The smallest absolute Gasteiger partial charge is 0.415 e. The van der Waals surface area contributed by atoms with Gasteiger partial charge in [0.15, 0.2) is 0 Å². The molecule has 0 aliphatic carbocycles. The second-order valence-electron chi connectivity index (χ2n) is 5.63. The average molecular weight is 380 g/mol. The van der Waals surface area contributed by atoms with E-state index in [9.17, 15) is 10.1 Å². The van der Waals surface area contributed by atoms with Crippen LogP contribution in [0.1, 0.15) is 16.7 Å². The Bertz CT molecular complexity index is 906. The van der Waals surface area contributed by atoms with Crippen LogP contribution in [0.3, 0.4) is 0 Å². The molecule has 1 amide bonds. The summed E-state index contributed by atoms with van der Waals surface area (Å²) in [5.74, 6) is 0.615. The molecule has 1 aliphatic heterocycles. The van der Waals surface area contributed by atoms with E-state index in [0.717, 1.165) is 11.1 Å². The van der Waals surface area contributed by atoms with Gasteiger partial charge in [0.1, 0.15) is 6.07 Å². The molecule has 3 rings (SSSR count). The van der Waals surface area contributed by atoms with Gasteiger partial charge in [-0.25, -0.2) is 4.79 Å². The zero-order chi connectivity index (χ0) is 18.6. The van der Waals surface area contributed by atoms with Crippen LogP contribution < -0.4 is 0 Å². The summed E-state index contributed by atoms with van der Waals surface area (Å²) in [7, 11) is 1.29. The van der Waals surface area contributed by atoms with E-state index in [1.165, 1.54) is 23.8 Å². The number of nitriles is 1. The van der Waals surface area contributed by atoms with Crippen molar-refractivity contribution in [2.45, 2.75) is 11.3 Å². The van der Waals surface area contributed by atoms with Crippen LogP contribution in [-0.2, 0) is 16.0 Å². The molecule has 2 aromatic carbocycles. The maximum absolute atomic E-state index is 12.4. The zero-order valence-electron chi connectivity index (χ0n) is 14.1. The van der Waals surface area contributed by atoms with Gasteiger partial charge in [-0.3, -0.25) is 4.90 Å². The minimum Gasteiger partial charge on any atom is -0.452 e. The summed E-state index contributed by atoms with van der Waals surface area (Å²) in [6.07, 6.45) is 2.72. The second-order valence-corrected chi connectivity index (χ2v) is 7.28. The normalized spacial score (nSPS) is 17.9. The second kappa shape index (κ2) is 7.73. The first-order valence-corrected chi connectivity index (χ1v) is 9.30. The van der Waals surface area contributed by atoms with E-state index in [1.54, 1.807) is 12.3 Å². The lowest BCUT2D eigenvalue weighted by Gasteiger charge is -2.39. The molecule has 0 bridgehead atoms. The SMILES string of the molecule is COC(=O)N1C=Cc2ccccc2[C@@]1(C#N)C(=S)SCc1ccccc1. The van der Waals surface area contributed by atoms with Gasteiger partial charge in [0.05, 0.1) is 11.3 Å². The standard InChI is InChI=1S/C20H16N2O2S2/c1-24-19(23)22-12-11-16-9-5-6-10-17(16)20(22,14-21)18(25)26-13-15-7-3-2-4-8-15/h2-12H,13H2,1H3/t20-/m0/s1. The molecule has 0 fully saturated rings. The number of ether oxygens (including phenoxy) is 1. The molecule has 1 aliphatic rings. The quantitative estimate of drug-likeness (QED) is 0.721. The van der Waals surface area contributed by atoms with Crippen LogP contribution >= 0.6 is 24.0 Å². The summed E-state index contributed by atoms with van der Waals surface area (Å²) in [6.45, 7) is 0. The summed E-state index contributed by atoms with van der Waals surface area (Å²) in [5, 5.41) is 10.1. The van der Waals surface area contributed by atoms with Crippen molar-refractivity contribution in [3.8, 4) is 6.07 Å². The van der Waals surface area contributed by atoms with E-state index in [-0.39, 0.29) is 0 Å². The van der Waals surface area contributed by atoms with Gasteiger partial charge in [-0.2, -0.15) is 5.26 Å². The van der Waals surface area contributed by atoms with E-state index in [0.29, 0.717) is 15.5 Å². The number of thiocarbonyl (C=S) groups is 1. The number of carbonyl (C=O) groups excluding carboxylic acids is 1. The molecule has 1 heterocycles. The van der Waals surface area contributed by atoms with Gasteiger partial charge in [0.25, 0.3) is 0 Å². The fourth-order valence-electron chi connectivity index (χ4n) is 2.86. The predicted octanol–water partition coefficient (Wildman–Crippen LogP) is 4.72. The molecule has 0 saturated heterocycles. The number of carbonyl (C=O) groups is 1. The lowest BCUT2D eigenvalue weighted by Crippen LogP contribution is -2.51. The molecular weight excluding hydrogens is 364 g/mol. The van der Waals surface area contributed by atoms with E-state index in [1.807, 2.05) is 54.6 Å². The van der Waals surface area contributed by atoms with E-state index < -0.39 is 11.6 Å². The van der Waals surface area contributed by atoms with Crippen LogP contribution in [0.15, 0.2) is 60.8 Å². The summed E-state index contributed by atoms with van der Waals surface area (Å²) >= 11 is 7.04. The van der Waals surface area contributed by atoms with Crippen molar-refractivity contribution >= 4 is 40.3 Å². The van der Waals surface area contributed by atoms with Crippen molar-refractivity contribution < 1.29 is 9.53 Å². The van der Waals surface area contributed by atoms with Crippen LogP contribution in [0.2, 0.25) is 0 Å². The maximum Gasteiger partial charge on any atom is 0.415 e. The summed E-state index contributed by atoms with van der Waals surface area (Å²) in [6, 6.07) is 19.6. The number of fused-ring (bicyclic) bond motifs is 1. The number of amides is 1. The number of benzene rings is 2. The van der Waals surface area contributed by atoms with Crippen LogP contribution in [0, 0.1) is 11.3 Å². The molecule has 1 atom stereocenters. The first kappa shape index (κ1) is 18.2. The van der Waals surface area contributed by atoms with Crippen molar-refractivity contribution in [3.63, 3.8) is 0 Å². The Labute approximate surface area is 162 Å². The number of rotatable bonds is 3. The Morgan fingerprint density at radius 3 is 2.62 bits per heavy atom. The predicted molar refractivity (Wildman–Crippen MR) is 107 cm³/mol. The van der Waals surface area contributed by atoms with Gasteiger partial charge < -0.3 is 4.74 Å². The number of methoxy groups -OCH3 is 1. The summed E-state index contributed by atoms with van der Waals surface area (Å²) in [5.41, 5.74) is 1.24. The minimum atomic E-state index is -1.40. The highest BCUT2D eigenvalue weighted by Crippen LogP contribution is 2.41. The monoisotopic (exact) mass is 380 g/mol. The third-order valence-corrected chi connectivity index (χ3v) is 5.84. The van der Waals surface area contributed by atoms with Crippen molar-refractivity contribution in [2.24, 2.45) is 0 Å². The molecular formula is C20H16N2O2S2. The van der Waals surface area contributed by atoms with E-state index in [4.69, 9.17) is 17.0 Å². The van der Waals surface area contributed by atoms with Gasteiger partial charge in [0, 0.05) is 17.5 Å². The largest absolute Gasteiger partial charge is 0.452 e. The molecule has 0 spiro atoms. The van der Waals surface area contributed by atoms with Crippen LogP contribution in [0.25, 0.3) is 6.08 Å². The Morgan fingerprint density at radius 1 is 1.23 bits per heavy atom. The van der Waals surface area contributed by atoms with Crippen molar-refractivity contribution in [1.82, 2.24) is 4.90 Å².